The molecule has 0 spiro atoms. The van der Waals surface area contributed by atoms with Gasteiger partial charge in [0.2, 0.25) is 0 Å². The van der Waals surface area contributed by atoms with Crippen molar-refractivity contribution in [1.82, 2.24) is 0 Å². The van der Waals surface area contributed by atoms with Crippen LogP contribution in [0.5, 0.6) is 5.75 Å². The molecule has 1 aliphatic rings. The van der Waals surface area contributed by atoms with Crippen molar-refractivity contribution < 1.29 is 19.7 Å². The Kier molecular flexibility index (Phi) is 7.55. The third-order valence-corrected chi connectivity index (χ3v) is 5.29. The second-order valence-corrected chi connectivity index (χ2v) is 7.59. The number of hydrogen-bond acceptors (Lipinski definition) is 4. The van der Waals surface area contributed by atoms with Crippen LogP contribution in [0.4, 0.5) is 0 Å². The van der Waals surface area contributed by atoms with E-state index in [4.69, 9.17) is 4.74 Å². The van der Waals surface area contributed by atoms with Crippen molar-refractivity contribution in [3.63, 3.8) is 0 Å². The number of esters is 1. The van der Waals surface area contributed by atoms with E-state index in [1.165, 1.54) is 44.1 Å². The summed E-state index contributed by atoms with van der Waals surface area (Å²) in [4.78, 5) is 11.5. The van der Waals surface area contributed by atoms with Gasteiger partial charge in [-0.3, -0.25) is 0 Å². The van der Waals surface area contributed by atoms with Crippen LogP contribution in [0.1, 0.15) is 77.2 Å². The molecule has 1 aliphatic heterocycles. The van der Waals surface area contributed by atoms with Crippen molar-refractivity contribution in [1.29, 1.82) is 0 Å². The minimum Gasteiger partial charge on any atom is -0.508 e. The number of carbonyl (C=O) groups excluding carboxylic acids is 1. The lowest BCUT2D eigenvalue weighted by molar-refractivity contribution is -0.147. The number of carbonyl (C=O) groups is 1. The molecule has 144 valence electrons. The van der Waals surface area contributed by atoms with Crippen LogP contribution in [0.3, 0.4) is 0 Å². The number of cyclic esters (lactones) is 1. The summed E-state index contributed by atoms with van der Waals surface area (Å²) in [5.41, 5.74) is 0.825. The number of hydrogen-bond donors (Lipinski definition) is 2. The van der Waals surface area contributed by atoms with Gasteiger partial charge in [-0.1, -0.05) is 50.7 Å². The molecule has 0 aromatic heterocycles. The summed E-state index contributed by atoms with van der Waals surface area (Å²) in [6.07, 6.45) is 11.2. The van der Waals surface area contributed by atoms with Gasteiger partial charge in [0.05, 0.1) is 5.57 Å². The lowest BCUT2D eigenvalue weighted by Crippen LogP contribution is -2.27. The Bertz CT molecular complexity index is 618. The monoisotopic (exact) mass is 360 g/mol. The SMILES string of the molecule is CC1=C(O)[C@@](C)(CCCCCCCCCCc2ccc(O)cc2)OC1=O. The molecule has 0 unspecified atom stereocenters. The summed E-state index contributed by atoms with van der Waals surface area (Å²) < 4.78 is 5.31. The molecule has 0 bridgehead atoms. The molecule has 0 saturated heterocycles. The predicted molar refractivity (Wildman–Crippen MR) is 103 cm³/mol. The van der Waals surface area contributed by atoms with Crippen molar-refractivity contribution in [3.05, 3.63) is 41.2 Å². The van der Waals surface area contributed by atoms with E-state index in [-0.39, 0.29) is 5.76 Å². The van der Waals surface area contributed by atoms with E-state index in [0.29, 0.717) is 17.7 Å². The third kappa shape index (κ3) is 5.79. The summed E-state index contributed by atoms with van der Waals surface area (Å²) in [6, 6.07) is 7.48. The normalized spacial score (nSPS) is 19.8. The molecular weight excluding hydrogens is 328 g/mol. The maximum absolute atomic E-state index is 11.5. The van der Waals surface area contributed by atoms with Crippen LogP contribution in [-0.4, -0.2) is 21.8 Å². The number of phenolic OH excluding ortho intramolecular Hbond substituents is 1. The Balaban J connectivity index is 1.46. The van der Waals surface area contributed by atoms with Crippen LogP contribution in [0.2, 0.25) is 0 Å². The largest absolute Gasteiger partial charge is 0.508 e. The molecule has 4 heteroatoms. The lowest BCUT2D eigenvalue weighted by atomic mass is 9.95. The number of rotatable bonds is 11. The minimum atomic E-state index is -0.810. The van der Waals surface area contributed by atoms with E-state index in [2.05, 4.69) is 0 Å². The van der Waals surface area contributed by atoms with Gasteiger partial charge in [0.1, 0.15) is 11.5 Å². The summed E-state index contributed by atoms with van der Waals surface area (Å²) in [5, 5.41) is 19.3. The molecule has 4 nitrogen and oxygen atoms in total. The van der Waals surface area contributed by atoms with Crippen LogP contribution >= 0.6 is 0 Å². The zero-order valence-corrected chi connectivity index (χ0v) is 16.1. The van der Waals surface area contributed by atoms with E-state index in [0.717, 1.165) is 19.3 Å². The minimum absolute atomic E-state index is 0.108. The Hall–Kier alpha value is -1.97. The van der Waals surface area contributed by atoms with E-state index < -0.39 is 11.6 Å². The van der Waals surface area contributed by atoms with Gasteiger partial charge in [0, 0.05) is 0 Å². The van der Waals surface area contributed by atoms with Crippen molar-refractivity contribution in [2.45, 2.75) is 83.7 Å². The van der Waals surface area contributed by atoms with E-state index in [1.54, 1.807) is 26.0 Å². The summed E-state index contributed by atoms with van der Waals surface area (Å²) in [5.74, 6) is 0.0450. The molecule has 1 atom stereocenters. The van der Waals surface area contributed by atoms with Crippen molar-refractivity contribution in [2.75, 3.05) is 0 Å². The fraction of sp³-hybridized carbons (Fsp3) is 0.591. The first-order valence-corrected chi connectivity index (χ1v) is 9.84. The standard InChI is InChI=1S/C22H32O4/c1-17-20(24)22(2,26-21(17)25)16-10-8-6-4-3-5-7-9-11-18-12-14-19(23)15-13-18/h12-15,23-24H,3-11,16H2,1-2H3/t22-/m1/s1. The van der Waals surface area contributed by atoms with Gasteiger partial charge in [-0.2, -0.15) is 0 Å². The highest BCUT2D eigenvalue weighted by molar-refractivity contribution is 5.91. The molecule has 0 aliphatic carbocycles. The summed E-state index contributed by atoms with van der Waals surface area (Å²) >= 11 is 0. The first-order valence-electron chi connectivity index (χ1n) is 9.84. The number of benzene rings is 1. The number of aliphatic hydroxyl groups excluding tert-OH is 1. The zero-order valence-electron chi connectivity index (χ0n) is 16.1. The van der Waals surface area contributed by atoms with Gasteiger partial charge in [-0.25, -0.2) is 4.79 Å². The van der Waals surface area contributed by atoms with Crippen LogP contribution in [-0.2, 0) is 16.0 Å². The highest BCUT2D eigenvalue weighted by Crippen LogP contribution is 2.35. The molecule has 0 amide bonds. The Morgan fingerprint density at radius 3 is 1.96 bits per heavy atom. The van der Waals surface area contributed by atoms with Crippen molar-refractivity contribution in [2.24, 2.45) is 0 Å². The topological polar surface area (TPSA) is 66.8 Å². The molecule has 2 N–H and O–H groups in total. The fourth-order valence-corrected chi connectivity index (χ4v) is 3.51. The maximum Gasteiger partial charge on any atom is 0.338 e. The Morgan fingerprint density at radius 1 is 0.885 bits per heavy atom. The maximum atomic E-state index is 11.5. The second kappa shape index (κ2) is 9.65. The van der Waals surface area contributed by atoms with Gasteiger partial charge in [-0.05, 0) is 57.2 Å². The average Bonchev–Trinajstić information content (AvgIpc) is 2.81. The van der Waals surface area contributed by atoms with Crippen molar-refractivity contribution >= 4 is 5.97 Å². The van der Waals surface area contributed by atoms with E-state index in [1.807, 2.05) is 12.1 Å². The lowest BCUT2D eigenvalue weighted by Gasteiger charge is -2.23. The molecule has 1 aromatic carbocycles. The molecule has 0 saturated carbocycles. The van der Waals surface area contributed by atoms with Crippen molar-refractivity contribution in [3.8, 4) is 5.75 Å². The van der Waals surface area contributed by atoms with Gasteiger partial charge in [0.25, 0.3) is 0 Å². The highest BCUT2D eigenvalue weighted by Gasteiger charge is 2.42. The molecular formula is C22H32O4. The van der Waals surface area contributed by atoms with Gasteiger partial charge in [-0.15, -0.1) is 0 Å². The molecule has 2 rings (SSSR count). The summed E-state index contributed by atoms with van der Waals surface area (Å²) in [6.45, 7) is 3.41. The Labute approximate surface area is 156 Å². The second-order valence-electron chi connectivity index (χ2n) is 7.59. The third-order valence-electron chi connectivity index (χ3n) is 5.29. The van der Waals surface area contributed by atoms with E-state index >= 15 is 0 Å². The quantitative estimate of drug-likeness (QED) is 0.398. The molecule has 0 radical (unpaired) electrons. The first kappa shape index (κ1) is 20.3. The predicted octanol–water partition coefficient (Wildman–Crippen LogP) is 5.59. The fourth-order valence-electron chi connectivity index (χ4n) is 3.51. The van der Waals surface area contributed by atoms with Gasteiger partial charge < -0.3 is 14.9 Å². The smallest absolute Gasteiger partial charge is 0.338 e. The number of unbranched alkanes of at least 4 members (excludes halogenated alkanes) is 7. The van der Waals surface area contributed by atoms with Crippen LogP contribution in [0.15, 0.2) is 35.6 Å². The number of phenols is 1. The molecule has 0 fully saturated rings. The number of aryl methyl sites for hydroxylation is 1. The van der Waals surface area contributed by atoms with Gasteiger partial charge >= 0.3 is 5.97 Å². The van der Waals surface area contributed by atoms with Gasteiger partial charge in [0.15, 0.2) is 5.60 Å². The number of ether oxygens (including phenoxy) is 1. The van der Waals surface area contributed by atoms with Crippen LogP contribution in [0.25, 0.3) is 0 Å². The first-order chi connectivity index (χ1) is 12.4. The average molecular weight is 360 g/mol. The molecule has 26 heavy (non-hydrogen) atoms. The highest BCUT2D eigenvalue weighted by atomic mass is 16.6. The number of aromatic hydroxyl groups is 1. The zero-order chi connectivity index (χ0) is 19.0. The van der Waals surface area contributed by atoms with Crippen LogP contribution in [0, 0.1) is 0 Å². The van der Waals surface area contributed by atoms with Crippen LogP contribution < -0.4 is 0 Å². The molecule has 1 aromatic rings. The number of aliphatic hydroxyl groups is 1. The van der Waals surface area contributed by atoms with E-state index in [9.17, 15) is 15.0 Å². The summed E-state index contributed by atoms with van der Waals surface area (Å²) in [7, 11) is 0. The molecule has 1 heterocycles. The Morgan fingerprint density at radius 2 is 1.42 bits per heavy atom.